The molecule has 0 atom stereocenters. The topological polar surface area (TPSA) is 60.9 Å². The summed E-state index contributed by atoms with van der Waals surface area (Å²) >= 11 is 0. The van der Waals surface area contributed by atoms with E-state index in [4.69, 9.17) is 0 Å². The van der Waals surface area contributed by atoms with Crippen LogP contribution in [0.15, 0.2) is 54.3 Å². The molecule has 0 aromatic heterocycles. The molecule has 0 aliphatic carbocycles. The van der Waals surface area contributed by atoms with Crippen molar-refractivity contribution < 1.29 is 19.1 Å². The Bertz CT molecular complexity index is 913. The number of carbonyl (C=O) groups is 2. The molecule has 2 aliphatic heterocycles. The minimum Gasteiger partial charge on any atom is -0.502 e. The van der Waals surface area contributed by atoms with E-state index < -0.39 is 23.4 Å². The molecule has 0 spiro atoms. The molecule has 0 saturated carbocycles. The third-order valence-electron chi connectivity index (χ3n) is 5.02. The smallest absolute Gasteiger partial charge is 0.301 e. The van der Waals surface area contributed by atoms with Gasteiger partial charge in [-0.25, -0.2) is 9.29 Å². The first-order valence-electron chi connectivity index (χ1n) is 8.99. The summed E-state index contributed by atoms with van der Waals surface area (Å²) in [7, 11) is 0. The quantitative estimate of drug-likeness (QED) is 0.843. The number of carbonyl (C=O) groups excluding carboxylic acids is 2. The van der Waals surface area contributed by atoms with Crippen LogP contribution in [-0.4, -0.2) is 30.0 Å². The first kappa shape index (κ1) is 17.3. The molecule has 6 heteroatoms. The van der Waals surface area contributed by atoms with Crippen molar-refractivity contribution in [1.82, 2.24) is 0 Å². The van der Waals surface area contributed by atoms with Crippen LogP contribution in [0, 0.1) is 5.82 Å². The molecule has 138 valence electrons. The third kappa shape index (κ3) is 3.07. The molecule has 2 heterocycles. The van der Waals surface area contributed by atoms with Crippen LogP contribution in [0.2, 0.25) is 0 Å². The van der Waals surface area contributed by atoms with Crippen molar-refractivity contribution in [1.29, 1.82) is 0 Å². The number of halogens is 1. The highest BCUT2D eigenvalue weighted by atomic mass is 19.1. The monoisotopic (exact) mass is 366 g/mol. The van der Waals surface area contributed by atoms with Gasteiger partial charge < -0.3 is 10.0 Å². The van der Waals surface area contributed by atoms with Crippen LogP contribution in [-0.2, 0) is 9.59 Å². The van der Waals surface area contributed by atoms with E-state index in [-0.39, 0.29) is 5.57 Å². The van der Waals surface area contributed by atoms with E-state index in [0.29, 0.717) is 11.3 Å². The number of hydrogen-bond acceptors (Lipinski definition) is 4. The fourth-order valence-electron chi connectivity index (χ4n) is 3.59. The average molecular weight is 366 g/mol. The van der Waals surface area contributed by atoms with Crippen molar-refractivity contribution in [3.8, 4) is 0 Å². The van der Waals surface area contributed by atoms with Crippen LogP contribution in [0.3, 0.4) is 0 Å². The Morgan fingerprint density at radius 3 is 2.00 bits per heavy atom. The van der Waals surface area contributed by atoms with Crippen molar-refractivity contribution in [3.63, 3.8) is 0 Å². The summed E-state index contributed by atoms with van der Waals surface area (Å²) in [6.45, 7) is 2.00. The minimum atomic E-state index is -0.773. The van der Waals surface area contributed by atoms with Crippen molar-refractivity contribution in [2.24, 2.45) is 0 Å². The lowest BCUT2D eigenvalue weighted by molar-refractivity contribution is -0.121. The molecule has 2 amide bonds. The highest BCUT2D eigenvalue weighted by molar-refractivity contribution is 6.44. The van der Waals surface area contributed by atoms with Crippen LogP contribution in [0.5, 0.6) is 0 Å². The zero-order chi connectivity index (χ0) is 19.0. The van der Waals surface area contributed by atoms with E-state index in [9.17, 15) is 19.1 Å². The van der Waals surface area contributed by atoms with Crippen molar-refractivity contribution in [2.75, 3.05) is 22.9 Å². The molecule has 0 unspecified atom stereocenters. The van der Waals surface area contributed by atoms with Gasteiger partial charge in [-0.3, -0.25) is 9.59 Å². The van der Waals surface area contributed by atoms with Crippen molar-refractivity contribution in [2.45, 2.75) is 19.3 Å². The molecule has 27 heavy (non-hydrogen) atoms. The molecule has 2 aliphatic rings. The van der Waals surface area contributed by atoms with E-state index in [2.05, 4.69) is 4.90 Å². The summed E-state index contributed by atoms with van der Waals surface area (Å²) < 4.78 is 13.1. The van der Waals surface area contributed by atoms with Gasteiger partial charge in [-0.05, 0) is 61.2 Å². The van der Waals surface area contributed by atoms with Crippen LogP contribution in [0.1, 0.15) is 24.8 Å². The molecule has 0 bridgehead atoms. The first-order chi connectivity index (χ1) is 13.1. The maximum Gasteiger partial charge on any atom is 0.301 e. The molecule has 0 radical (unpaired) electrons. The first-order valence-corrected chi connectivity index (χ1v) is 8.99. The number of piperidine rings is 1. The molecule has 1 fully saturated rings. The maximum absolute atomic E-state index is 13.1. The van der Waals surface area contributed by atoms with Crippen LogP contribution < -0.4 is 9.80 Å². The van der Waals surface area contributed by atoms with E-state index >= 15 is 0 Å². The molecule has 1 N–H and O–H groups in total. The van der Waals surface area contributed by atoms with Gasteiger partial charge in [-0.2, -0.15) is 0 Å². The molecular formula is C21H19FN2O3. The second kappa shape index (κ2) is 6.87. The van der Waals surface area contributed by atoms with Crippen LogP contribution in [0.25, 0.3) is 5.57 Å². The van der Waals surface area contributed by atoms with E-state index in [1.807, 2.05) is 12.1 Å². The predicted molar refractivity (Wildman–Crippen MR) is 101 cm³/mol. The highest BCUT2D eigenvalue weighted by Gasteiger charge is 2.40. The summed E-state index contributed by atoms with van der Waals surface area (Å²) in [6, 6.07) is 12.3. The lowest BCUT2D eigenvalue weighted by Crippen LogP contribution is -2.32. The summed E-state index contributed by atoms with van der Waals surface area (Å²) in [4.78, 5) is 28.5. The fraction of sp³-hybridized carbons (Fsp3) is 0.238. The van der Waals surface area contributed by atoms with E-state index in [1.165, 1.54) is 30.7 Å². The minimum absolute atomic E-state index is 0.111. The number of imide groups is 1. The third-order valence-corrected chi connectivity index (χ3v) is 5.02. The Labute approximate surface area is 156 Å². The van der Waals surface area contributed by atoms with Crippen LogP contribution in [0.4, 0.5) is 15.8 Å². The predicted octanol–water partition coefficient (Wildman–Crippen LogP) is 3.66. The molecule has 2 aromatic rings. The molecule has 1 saturated heterocycles. The second-order valence-corrected chi connectivity index (χ2v) is 6.74. The Morgan fingerprint density at radius 2 is 1.37 bits per heavy atom. The van der Waals surface area contributed by atoms with Gasteiger partial charge in [0.1, 0.15) is 5.82 Å². The number of aliphatic hydroxyl groups is 1. The van der Waals surface area contributed by atoms with Crippen molar-refractivity contribution >= 4 is 28.8 Å². The Balaban J connectivity index is 1.60. The zero-order valence-electron chi connectivity index (χ0n) is 14.7. The normalized spacial score (nSPS) is 17.8. The number of anilines is 2. The number of nitrogens with zero attached hydrogens (tertiary/aromatic N) is 2. The average Bonchev–Trinajstić information content (AvgIpc) is 2.92. The number of benzene rings is 2. The van der Waals surface area contributed by atoms with Crippen LogP contribution >= 0.6 is 0 Å². The number of rotatable bonds is 3. The van der Waals surface area contributed by atoms with Gasteiger partial charge in [-0.15, -0.1) is 0 Å². The maximum atomic E-state index is 13.1. The summed E-state index contributed by atoms with van der Waals surface area (Å²) in [6.07, 6.45) is 3.55. The summed E-state index contributed by atoms with van der Waals surface area (Å²) in [5.74, 6) is -2.47. The molecule has 5 nitrogen and oxygen atoms in total. The lowest BCUT2D eigenvalue weighted by Gasteiger charge is -2.29. The lowest BCUT2D eigenvalue weighted by atomic mass is 10.1. The van der Waals surface area contributed by atoms with Gasteiger partial charge in [0.05, 0.1) is 11.3 Å². The van der Waals surface area contributed by atoms with Gasteiger partial charge in [0.15, 0.2) is 5.76 Å². The summed E-state index contributed by atoms with van der Waals surface area (Å²) in [5, 5.41) is 10.2. The van der Waals surface area contributed by atoms with Gasteiger partial charge in [0, 0.05) is 18.8 Å². The van der Waals surface area contributed by atoms with Gasteiger partial charge in [0.25, 0.3) is 5.91 Å². The molecular weight excluding hydrogens is 347 g/mol. The van der Waals surface area contributed by atoms with E-state index in [0.717, 1.165) is 36.5 Å². The van der Waals surface area contributed by atoms with E-state index in [1.54, 1.807) is 12.1 Å². The van der Waals surface area contributed by atoms with Gasteiger partial charge in [-0.1, -0.05) is 12.1 Å². The zero-order valence-corrected chi connectivity index (χ0v) is 14.7. The second-order valence-electron chi connectivity index (χ2n) is 6.74. The number of hydrogen-bond donors (Lipinski definition) is 1. The molecule has 4 rings (SSSR count). The Hall–Kier alpha value is -3.15. The SMILES string of the molecule is O=C1C(O)=C(c2ccc(F)cc2)C(=O)N1c1ccc(N2CCCCC2)cc1. The Kier molecular flexibility index (Phi) is 4.39. The van der Waals surface area contributed by atoms with Gasteiger partial charge >= 0.3 is 5.91 Å². The Morgan fingerprint density at radius 1 is 0.778 bits per heavy atom. The molecule has 2 aromatic carbocycles. The van der Waals surface area contributed by atoms with Gasteiger partial charge in [0.2, 0.25) is 0 Å². The number of aliphatic hydroxyl groups excluding tert-OH is 1. The largest absolute Gasteiger partial charge is 0.502 e. The highest BCUT2D eigenvalue weighted by Crippen LogP contribution is 2.33. The summed E-state index contributed by atoms with van der Waals surface area (Å²) in [5.41, 5.74) is 1.64. The number of amides is 2. The fourth-order valence-corrected chi connectivity index (χ4v) is 3.59. The standard InChI is InChI=1S/C21H19FN2O3/c22-15-6-4-14(5-7-15)18-19(25)21(27)24(20(18)26)17-10-8-16(9-11-17)23-12-2-1-3-13-23/h4-11,25H,1-3,12-13H2. The van der Waals surface area contributed by atoms with Crippen molar-refractivity contribution in [3.05, 3.63) is 65.7 Å².